The van der Waals surface area contributed by atoms with Crippen LogP contribution in [0, 0.1) is 6.92 Å². The maximum Gasteiger partial charge on any atom is 0.358 e. The van der Waals surface area contributed by atoms with Crippen LogP contribution in [0.5, 0.6) is 11.5 Å². The second kappa shape index (κ2) is 10.3. The first kappa shape index (κ1) is 21.1. The number of hydrogen-bond acceptors (Lipinski definition) is 6. The van der Waals surface area contributed by atoms with E-state index < -0.39 is 5.97 Å². The van der Waals surface area contributed by atoms with E-state index in [1.807, 2.05) is 60.8 Å². The zero-order valence-electron chi connectivity index (χ0n) is 16.7. The molecule has 0 atom stereocenters. The first-order chi connectivity index (χ1) is 14.6. The molecule has 0 amide bonds. The number of benzene rings is 2. The summed E-state index contributed by atoms with van der Waals surface area (Å²) in [7, 11) is 1.61. The molecule has 0 fully saturated rings. The summed E-state index contributed by atoms with van der Waals surface area (Å²) >= 11 is 1.41. The van der Waals surface area contributed by atoms with Crippen LogP contribution in [0.4, 0.5) is 0 Å². The van der Waals surface area contributed by atoms with Crippen LogP contribution in [-0.2, 0) is 16.2 Å². The van der Waals surface area contributed by atoms with Crippen LogP contribution in [-0.4, -0.2) is 18.9 Å². The Morgan fingerprint density at radius 2 is 1.97 bits per heavy atom. The lowest BCUT2D eigenvalue weighted by Gasteiger charge is -2.12. The van der Waals surface area contributed by atoms with Gasteiger partial charge in [0, 0.05) is 11.6 Å². The Bertz CT molecular complexity index is 1060. The Labute approximate surface area is 179 Å². The number of hydrogen-bond donors (Lipinski definition) is 1. The van der Waals surface area contributed by atoms with Crippen molar-refractivity contribution in [2.24, 2.45) is 10.9 Å². The molecule has 0 saturated heterocycles. The highest BCUT2D eigenvalue weighted by atomic mass is 32.1. The highest BCUT2D eigenvalue weighted by Gasteiger charge is 2.07. The summed E-state index contributed by atoms with van der Waals surface area (Å²) in [4.78, 5) is 17.5. The highest BCUT2D eigenvalue weighted by Crippen LogP contribution is 2.24. The summed E-state index contributed by atoms with van der Waals surface area (Å²) in [6.45, 7) is 2.33. The van der Waals surface area contributed by atoms with Crippen LogP contribution < -0.4 is 15.2 Å². The molecule has 0 spiro atoms. The lowest BCUT2D eigenvalue weighted by atomic mass is 10.1. The largest absolute Gasteiger partial charge is 0.496 e. The van der Waals surface area contributed by atoms with Gasteiger partial charge in [0.15, 0.2) is 5.84 Å². The Hall–Kier alpha value is -3.58. The highest BCUT2D eigenvalue weighted by molar-refractivity contribution is 7.12. The Morgan fingerprint density at radius 1 is 1.13 bits per heavy atom. The number of ether oxygens (including phenoxy) is 2. The molecular weight excluding hydrogens is 400 g/mol. The zero-order chi connectivity index (χ0) is 21.3. The molecule has 3 rings (SSSR count). The van der Waals surface area contributed by atoms with Gasteiger partial charge in [0.1, 0.15) is 18.1 Å². The number of para-hydroxylation sites is 1. The molecule has 0 aliphatic heterocycles. The molecule has 30 heavy (non-hydrogen) atoms. The molecule has 0 radical (unpaired) electrons. The molecule has 2 aromatic carbocycles. The SMILES string of the molecule is COc1ccc(/C=C\C(=O)O/N=C(\N)c2cccs2)cc1COc1ccccc1C. The van der Waals surface area contributed by atoms with Crippen LogP contribution in [0.3, 0.4) is 0 Å². The van der Waals surface area contributed by atoms with Crippen molar-refractivity contribution in [3.8, 4) is 11.5 Å². The lowest BCUT2D eigenvalue weighted by molar-refractivity contribution is -0.137. The third-order valence-corrected chi connectivity index (χ3v) is 5.09. The predicted molar refractivity (Wildman–Crippen MR) is 119 cm³/mol. The van der Waals surface area contributed by atoms with Gasteiger partial charge in [-0.3, -0.25) is 0 Å². The third kappa shape index (κ3) is 5.71. The molecule has 1 aromatic heterocycles. The van der Waals surface area contributed by atoms with Crippen molar-refractivity contribution in [3.05, 3.63) is 87.6 Å². The molecule has 0 unspecified atom stereocenters. The van der Waals surface area contributed by atoms with Gasteiger partial charge >= 0.3 is 5.97 Å². The van der Waals surface area contributed by atoms with Crippen molar-refractivity contribution in [2.45, 2.75) is 13.5 Å². The number of thiophene rings is 1. The number of nitrogens with zero attached hydrogens (tertiary/aromatic N) is 1. The standard InChI is InChI=1S/C23H22N2O4S/c1-16-6-3-4-7-19(16)28-15-18-14-17(9-11-20(18)27-2)10-12-22(26)29-25-23(24)21-8-5-13-30-21/h3-14H,15H2,1-2H3,(H2,24,25)/b12-10-. The second-order valence-electron chi connectivity index (χ2n) is 6.32. The van der Waals surface area contributed by atoms with Gasteiger partial charge in [-0.05, 0) is 53.8 Å². The fourth-order valence-electron chi connectivity index (χ4n) is 2.65. The van der Waals surface area contributed by atoms with Crippen molar-refractivity contribution in [1.82, 2.24) is 0 Å². The third-order valence-electron chi connectivity index (χ3n) is 4.20. The lowest BCUT2D eigenvalue weighted by Crippen LogP contribution is -2.13. The van der Waals surface area contributed by atoms with E-state index in [2.05, 4.69) is 5.16 Å². The van der Waals surface area contributed by atoms with E-state index >= 15 is 0 Å². The molecule has 2 N–H and O–H groups in total. The maximum atomic E-state index is 11.9. The number of nitrogens with two attached hydrogens (primary N) is 1. The van der Waals surface area contributed by atoms with E-state index in [1.54, 1.807) is 19.3 Å². The van der Waals surface area contributed by atoms with Gasteiger partial charge < -0.3 is 20.0 Å². The Balaban J connectivity index is 1.65. The summed E-state index contributed by atoms with van der Waals surface area (Å²) in [6.07, 6.45) is 2.93. The molecule has 154 valence electrons. The average Bonchev–Trinajstić information content (AvgIpc) is 3.30. The second-order valence-corrected chi connectivity index (χ2v) is 7.27. The summed E-state index contributed by atoms with van der Waals surface area (Å²) < 4.78 is 11.3. The van der Waals surface area contributed by atoms with Gasteiger partial charge in [-0.2, -0.15) is 0 Å². The molecule has 0 bridgehead atoms. The zero-order valence-corrected chi connectivity index (χ0v) is 17.5. The summed E-state index contributed by atoms with van der Waals surface area (Å²) in [5.74, 6) is 1.05. The molecule has 0 saturated carbocycles. The van der Waals surface area contributed by atoms with E-state index in [0.717, 1.165) is 27.3 Å². The van der Waals surface area contributed by atoms with Crippen LogP contribution >= 0.6 is 11.3 Å². The maximum absolute atomic E-state index is 11.9. The number of methoxy groups -OCH3 is 1. The first-order valence-corrected chi connectivity index (χ1v) is 10.1. The van der Waals surface area contributed by atoms with Crippen molar-refractivity contribution in [1.29, 1.82) is 0 Å². The van der Waals surface area contributed by atoms with Gasteiger partial charge in [-0.1, -0.05) is 35.5 Å². The van der Waals surface area contributed by atoms with Gasteiger partial charge in [0.2, 0.25) is 0 Å². The first-order valence-electron chi connectivity index (χ1n) is 9.18. The smallest absolute Gasteiger partial charge is 0.358 e. The monoisotopic (exact) mass is 422 g/mol. The number of rotatable bonds is 8. The minimum Gasteiger partial charge on any atom is -0.496 e. The molecular formula is C23H22N2O4S. The van der Waals surface area contributed by atoms with Crippen LogP contribution in [0.15, 0.2) is 71.2 Å². The van der Waals surface area contributed by atoms with Gasteiger partial charge in [-0.15, -0.1) is 11.3 Å². The van der Waals surface area contributed by atoms with Gasteiger partial charge in [-0.25, -0.2) is 4.79 Å². The quantitative estimate of drug-likeness (QED) is 0.190. The number of oxime groups is 1. The predicted octanol–water partition coefficient (Wildman–Crippen LogP) is 4.52. The minimum absolute atomic E-state index is 0.159. The number of carbonyl (C=O) groups is 1. The topological polar surface area (TPSA) is 83.1 Å². The summed E-state index contributed by atoms with van der Waals surface area (Å²) in [5, 5.41) is 5.52. The van der Waals surface area contributed by atoms with Crippen LogP contribution in [0.1, 0.15) is 21.6 Å². The number of carbonyl (C=O) groups excluding carboxylic acids is 1. The van der Waals surface area contributed by atoms with E-state index in [9.17, 15) is 4.79 Å². The van der Waals surface area contributed by atoms with Gasteiger partial charge in [0.25, 0.3) is 0 Å². The number of amidine groups is 1. The minimum atomic E-state index is -0.622. The molecule has 7 heteroatoms. The van der Waals surface area contributed by atoms with Crippen molar-refractivity contribution < 1.29 is 19.1 Å². The average molecular weight is 423 g/mol. The Kier molecular flexibility index (Phi) is 7.24. The van der Waals surface area contributed by atoms with Crippen molar-refractivity contribution in [3.63, 3.8) is 0 Å². The van der Waals surface area contributed by atoms with Gasteiger partial charge in [0.05, 0.1) is 12.0 Å². The Morgan fingerprint density at radius 3 is 2.70 bits per heavy atom. The summed E-state index contributed by atoms with van der Waals surface area (Å²) in [6, 6.07) is 17.0. The molecule has 0 aliphatic rings. The number of aryl methyl sites for hydroxylation is 1. The molecule has 0 aliphatic carbocycles. The molecule has 6 nitrogen and oxygen atoms in total. The fraction of sp³-hybridized carbons (Fsp3) is 0.130. The molecule has 3 aromatic rings. The normalized spacial score (nSPS) is 11.5. The fourth-order valence-corrected chi connectivity index (χ4v) is 3.27. The van der Waals surface area contributed by atoms with E-state index in [4.69, 9.17) is 20.0 Å². The molecule has 1 heterocycles. The summed E-state index contributed by atoms with van der Waals surface area (Å²) in [5.41, 5.74) is 8.48. The van der Waals surface area contributed by atoms with E-state index in [0.29, 0.717) is 12.4 Å². The van der Waals surface area contributed by atoms with Crippen molar-refractivity contribution in [2.75, 3.05) is 7.11 Å². The van der Waals surface area contributed by atoms with E-state index in [-0.39, 0.29) is 5.84 Å². The van der Waals surface area contributed by atoms with Crippen LogP contribution in [0.25, 0.3) is 6.08 Å². The van der Waals surface area contributed by atoms with E-state index in [1.165, 1.54) is 17.4 Å². The van der Waals surface area contributed by atoms with Crippen LogP contribution in [0.2, 0.25) is 0 Å². The van der Waals surface area contributed by atoms with Crippen molar-refractivity contribution >= 4 is 29.2 Å².